The molecule has 0 saturated carbocycles. The average Bonchev–Trinajstić information content (AvgIpc) is 1.98. The van der Waals surface area contributed by atoms with Gasteiger partial charge >= 0.3 is 0 Å². The van der Waals surface area contributed by atoms with Gasteiger partial charge in [-0.25, -0.2) is 0 Å². The lowest BCUT2D eigenvalue weighted by Crippen LogP contribution is -2.49. The maximum absolute atomic E-state index is 10.1. The molecule has 0 radical (unpaired) electrons. The zero-order valence-corrected chi connectivity index (χ0v) is 10.5. The smallest absolute Gasteiger partial charge is 0.0647 e. The lowest BCUT2D eigenvalue weighted by atomic mass is 9.58. The zero-order chi connectivity index (χ0) is 11.6. The van der Waals surface area contributed by atoms with Crippen molar-refractivity contribution >= 4 is 0 Å². The Hall–Kier alpha value is -0.0800. The minimum absolute atomic E-state index is 0.0218. The predicted octanol–water partition coefficient (Wildman–Crippen LogP) is 2.58. The summed E-state index contributed by atoms with van der Waals surface area (Å²) in [6.07, 6.45) is 1.73. The number of hydrogen-bond donors (Lipinski definition) is 2. The van der Waals surface area contributed by atoms with Gasteiger partial charge in [0, 0.05) is 6.61 Å². The second kappa shape index (κ2) is 4.19. The molecule has 0 aromatic rings. The Bertz CT molecular complexity index is 175. The first kappa shape index (κ1) is 13.9. The number of rotatable bonds is 5. The van der Waals surface area contributed by atoms with Gasteiger partial charge in [-0.2, -0.15) is 0 Å². The minimum Gasteiger partial charge on any atom is -0.396 e. The standard InChI is InChI=1S/C12H26O2/c1-10(2,8-7-9-13)11(3,4)12(5,6)14/h13-14H,7-9H2,1-6H3. The second-order valence-electron chi connectivity index (χ2n) is 5.90. The molecule has 86 valence electrons. The van der Waals surface area contributed by atoms with Crippen molar-refractivity contribution in [2.24, 2.45) is 10.8 Å². The van der Waals surface area contributed by atoms with Crippen molar-refractivity contribution in [3.8, 4) is 0 Å². The fraction of sp³-hybridized carbons (Fsp3) is 1.00. The summed E-state index contributed by atoms with van der Waals surface area (Å²) < 4.78 is 0. The number of aliphatic hydroxyl groups excluding tert-OH is 1. The first-order valence-electron chi connectivity index (χ1n) is 5.39. The fourth-order valence-corrected chi connectivity index (χ4v) is 1.66. The van der Waals surface area contributed by atoms with Crippen LogP contribution < -0.4 is 0 Å². The summed E-state index contributed by atoms with van der Waals surface area (Å²) in [5.41, 5.74) is -0.852. The minimum atomic E-state index is -0.702. The number of aliphatic hydroxyl groups is 2. The van der Waals surface area contributed by atoms with Crippen molar-refractivity contribution < 1.29 is 10.2 Å². The van der Waals surface area contributed by atoms with E-state index in [4.69, 9.17) is 5.11 Å². The third-order valence-electron chi connectivity index (χ3n) is 4.18. The van der Waals surface area contributed by atoms with Crippen LogP contribution in [0.2, 0.25) is 0 Å². The Balaban J connectivity index is 4.69. The van der Waals surface area contributed by atoms with Gasteiger partial charge in [-0.1, -0.05) is 27.7 Å². The summed E-state index contributed by atoms with van der Waals surface area (Å²) in [5, 5.41) is 19.0. The predicted molar refractivity (Wildman–Crippen MR) is 60.2 cm³/mol. The summed E-state index contributed by atoms with van der Waals surface area (Å²) in [6.45, 7) is 12.4. The molecule has 0 fully saturated rings. The van der Waals surface area contributed by atoms with Gasteiger partial charge in [0.05, 0.1) is 5.60 Å². The second-order valence-corrected chi connectivity index (χ2v) is 5.90. The Morgan fingerprint density at radius 3 is 1.64 bits per heavy atom. The van der Waals surface area contributed by atoms with E-state index in [2.05, 4.69) is 27.7 Å². The highest BCUT2D eigenvalue weighted by Crippen LogP contribution is 2.48. The molecule has 0 amide bonds. The van der Waals surface area contributed by atoms with Crippen LogP contribution in [0.3, 0.4) is 0 Å². The van der Waals surface area contributed by atoms with Gasteiger partial charge in [0.2, 0.25) is 0 Å². The van der Waals surface area contributed by atoms with Crippen LogP contribution in [0.4, 0.5) is 0 Å². The molecule has 2 N–H and O–H groups in total. The maximum Gasteiger partial charge on any atom is 0.0647 e. The van der Waals surface area contributed by atoms with E-state index >= 15 is 0 Å². The fourth-order valence-electron chi connectivity index (χ4n) is 1.66. The first-order valence-corrected chi connectivity index (χ1v) is 5.39. The topological polar surface area (TPSA) is 40.5 Å². The number of hydrogen-bond acceptors (Lipinski definition) is 2. The van der Waals surface area contributed by atoms with Crippen molar-refractivity contribution in [2.45, 2.75) is 60.0 Å². The van der Waals surface area contributed by atoms with E-state index in [1.807, 2.05) is 13.8 Å². The van der Waals surface area contributed by atoms with Gasteiger partial charge in [0.1, 0.15) is 0 Å². The summed E-state index contributed by atoms with van der Waals surface area (Å²) in [5.74, 6) is 0. The zero-order valence-electron chi connectivity index (χ0n) is 10.5. The van der Waals surface area contributed by atoms with E-state index in [1.165, 1.54) is 0 Å². The molecule has 2 heteroatoms. The highest BCUT2D eigenvalue weighted by Gasteiger charge is 2.46. The molecule has 0 saturated heterocycles. The third kappa shape index (κ3) is 2.71. The van der Waals surface area contributed by atoms with Crippen LogP contribution in [-0.2, 0) is 0 Å². The van der Waals surface area contributed by atoms with Crippen LogP contribution in [0.1, 0.15) is 54.4 Å². The van der Waals surface area contributed by atoms with E-state index in [-0.39, 0.29) is 17.4 Å². The maximum atomic E-state index is 10.1. The summed E-state index contributed by atoms with van der Waals surface area (Å²) in [4.78, 5) is 0. The Labute approximate surface area is 88.3 Å². The van der Waals surface area contributed by atoms with Gasteiger partial charge in [-0.05, 0) is 37.5 Å². The van der Waals surface area contributed by atoms with E-state index in [0.29, 0.717) is 0 Å². The van der Waals surface area contributed by atoms with E-state index in [1.54, 1.807) is 0 Å². The molecule has 0 aliphatic carbocycles. The molecule has 14 heavy (non-hydrogen) atoms. The molecule has 0 bridgehead atoms. The normalized spacial score (nSPS) is 14.6. The quantitative estimate of drug-likeness (QED) is 0.719. The van der Waals surface area contributed by atoms with Crippen LogP contribution in [0, 0.1) is 10.8 Å². The summed E-state index contributed by atoms with van der Waals surface area (Å²) in [7, 11) is 0. The van der Waals surface area contributed by atoms with Crippen LogP contribution in [0.15, 0.2) is 0 Å². The highest BCUT2D eigenvalue weighted by molar-refractivity contribution is 4.96. The first-order chi connectivity index (χ1) is 6.06. The van der Waals surface area contributed by atoms with Crippen molar-refractivity contribution in [1.29, 1.82) is 0 Å². The Kier molecular flexibility index (Phi) is 4.17. The van der Waals surface area contributed by atoms with Crippen LogP contribution in [-0.4, -0.2) is 22.4 Å². The van der Waals surface area contributed by atoms with E-state index in [9.17, 15) is 5.11 Å². The largest absolute Gasteiger partial charge is 0.396 e. The van der Waals surface area contributed by atoms with E-state index < -0.39 is 5.60 Å². The summed E-state index contributed by atoms with van der Waals surface area (Å²) in [6, 6.07) is 0. The molecular formula is C12H26O2. The van der Waals surface area contributed by atoms with Gasteiger partial charge in [-0.15, -0.1) is 0 Å². The Morgan fingerprint density at radius 1 is 0.929 bits per heavy atom. The third-order valence-corrected chi connectivity index (χ3v) is 4.18. The molecule has 0 spiro atoms. The van der Waals surface area contributed by atoms with Gasteiger partial charge in [0.15, 0.2) is 0 Å². The molecule has 0 unspecified atom stereocenters. The lowest BCUT2D eigenvalue weighted by Gasteiger charge is -2.49. The van der Waals surface area contributed by atoms with Crippen molar-refractivity contribution in [2.75, 3.05) is 6.61 Å². The molecule has 0 atom stereocenters. The van der Waals surface area contributed by atoms with E-state index in [0.717, 1.165) is 12.8 Å². The van der Waals surface area contributed by atoms with Gasteiger partial charge in [-0.3, -0.25) is 0 Å². The molecule has 0 heterocycles. The van der Waals surface area contributed by atoms with Crippen LogP contribution in [0.5, 0.6) is 0 Å². The van der Waals surface area contributed by atoms with Gasteiger partial charge < -0.3 is 10.2 Å². The lowest BCUT2D eigenvalue weighted by molar-refractivity contribution is -0.105. The molecule has 0 aliphatic rings. The SMILES string of the molecule is CC(C)(O)C(C)(C)C(C)(C)CCCO. The molecule has 2 nitrogen and oxygen atoms in total. The van der Waals surface area contributed by atoms with Crippen molar-refractivity contribution in [3.05, 3.63) is 0 Å². The summed E-state index contributed by atoms with van der Waals surface area (Å²) >= 11 is 0. The van der Waals surface area contributed by atoms with Crippen LogP contribution in [0.25, 0.3) is 0 Å². The Morgan fingerprint density at radius 2 is 1.36 bits per heavy atom. The molecule has 0 aromatic carbocycles. The van der Waals surface area contributed by atoms with Crippen molar-refractivity contribution in [3.63, 3.8) is 0 Å². The van der Waals surface area contributed by atoms with Crippen LogP contribution >= 0.6 is 0 Å². The van der Waals surface area contributed by atoms with Gasteiger partial charge in [0.25, 0.3) is 0 Å². The highest BCUT2D eigenvalue weighted by atomic mass is 16.3. The molecular weight excluding hydrogens is 176 g/mol. The average molecular weight is 202 g/mol. The molecule has 0 rings (SSSR count). The molecule has 0 aliphatic heterocycles. The van der Waals surface area contributed by atoms with Crippen molar-refractivity contribution in [1.82, 2.24) is 0 Å². The monoisotopic (exact) mass is 202 g/mol. The molecule has 0 aromatic heterocycles.